The van der Waals surface area contributed by atoms with Crippen LogP contribution in [-0.4, -0.2) is 14.8 Å². The Hall–Kier alpha value is -3.78. The lowest BCUT2D eigenvalue weighted by molar-refractivity contribution is 0.618. The fourth-order valence-electron chi connectivity index (χ4n) is 3.54. The Bertz CT molecular complexity index is 1200. The van der Waals surface area contributed by atoms with Gasteiger partial charge in [-0.05, 0) is 53.4 Å². The summed E-state index contributed by atoms with van der Waals surface area (Å²) < 4.78 is 15.2. The van der Waals surface area contributed by atoms with Crippen LogP contribution >= 0.6 is 0 Å². The molecule has 0 aliphatic carbocycles. The standard InChI is InChI=1S/C26H23FN4/c1-2-3-8-25-29-26(21-13-15-23(27)16-14-21)30-31(25)18-19-9-11-20(12-10-19)24-7-5-4-6-22(24)17-28/h4-7,9-16H,2-3,8,18H2,1H3. The average Bonchev–Trinajstić information content (AvgIpc) is 3.21. The Labute approximate surface area is 181 Å². The zero-order valence-electron chi connectivity index (χ0n) is 17.4. The van der Waals surface area contributed by atoms with E-state index in [1.807, 2.05) is 41.1 Å². The highest BCUT2D eigenvalue weighted by atomic mass is 19.1. The Morgan fingerprint density at radius 1 is 0.935 bits per heavy atom. The highest BCUT2D eigenvalue weighted by molar-refractivity contribution is 5.70. The van der Waals surface area contributed by atoms with Gasteiger partial charge in [0.1, 0.15) is 11.6 Å². The smallest absolute Gasteiger partial charge is 0.181 e. The van der Waals surface area contributed by atoms with Gasteiger partial charge in [0.2, 0.25) is 0 Å². The second kappa shape index (κ2) is 9.36. The highest BCUT2D eigenvalue weighted by Crippen LogP contribution is 2.24. The normalized spacial score (nSPS) is 10.7. The van der Waals surface area contributed by atoms with Crippen molar-refractivity contribution < 1.29 is 4.39 Å². The van der Waals surface area contributed by atoms with Crippen molar-refractivity contribution in [3.05, 3.63) is 95.6 Å². The van der Waals surface area contributed by atoms with Crippen LogP contribution in [0.3, 0.4) is 0 Å². The number of aromatic nitrogens is 3. The minimum atomic E-state index is -0.271. The van der Waals surface area contributed by atoms with Gasteiger partial charge in [0.05, 0.1) is 18.2 Å². The van der Waals surface area contributed by atoms with Crippen molar-refractivity contribution in [1.29, 1.82) is 5.26 Å². The molecule has 4 nitrogen and oxygen atoms in total. The maximum atomic E-state index is 13.3. The van der Waals surface area contributed by atoms with Crippen LogP contribution in [0.4, 0.5) is 4.39 Å². The fraction of sp³-hybridized carbons (Fsp3) is 0.192. The molecule has 0 N–H and O–H groups in total. The van der Waals surface area contributed by atoms with Crippen molar-refractivity contribution in [2.24, 2.45) is 0 Å². The summed E-state index contributed by atoms with van der Waals surface area (Å²) in [5, 5.41) is 14.1. The molecular weight excluding hydrogens is 387 g/mol. The Balaban J connectivity index is 1.60. The predicted octanol–water partition coefficient (Wildman–Crippen LogP) is 6.01. The molecule has 0 saturated carbocycles. The van der Waals surface area contributed by atoms with Gasteiger partial charge in [0.15, 0.2) is 5.82 Å². The van der Waals surface area contributed by atoms with E-state index in [9.17, 15) is 9.65 Å². The first kappa shape index (κ1) is 20.5. The van der Waals surface area contributed by atoms with Crippen molar-refractivity contribution in [2.75, 3.05) is 0 Å². The fourth-order valence-corrected chi connectivity index (χ4v) is 3.54. The first-order chi connectivity index (χ1) is 15.2. The molecule has 0 radical (unpaired) electrons. The van der Waals surface area contributed by atoms with Crippen molar-refractivity contribution >= 4 is 0 Å². The molecule has 0 fully saturated rings. The average molecular weight is 410 g/mol. The first-order valence-electron chi connectivity index (χ1n) is 10.5. The molecule has 0 aliphatic heterocycles. The van der Waals surface area contributed by atoms with Crippen LogP contribution in [0.5, 0.6) is 0 Å². The largest absolute Gasteiger partial charge is 0.245 e. The van der Waals surface area contributed by atoms with E-state index in [-0.39, 0.29) is 5.82 Å². The Morgan fingerprint density at radius 2 is 1.65 bits per heavy atom. The molecule has 31 heavy (non-hydrogen) atoms. The quantitative estimate of drug-likeness (QED) is 0.375. The van der Waals surface area contributed by atoms with Crippen molar-refractivity contribution in [2.45, 2.75) is 32.7 Å². The molecule has 0 spiro atoms. The minimum absolute atomic E-state index is 0.271. The second-order valence-electron chi connectivity index (χ2n) is 7.47. The van der Waals surface area contributed by atoms with Gasteiger partial charge in [-0.25, -0.2) is 14.1 Å². The van der Waals surface area contributed by atoms with E-state index < -0.39 is 0 Å². The third-order valence-corrected chi connectivity index (χ3v) is 5.25. The second-order valence-corrected chi connectivity index (χ2v) is 7.47. The third kappa shape index (κ3) is 4.70. The lowest BCUT2D eigenvalue weighted by atomic mass is 9.99. The van der Waals surface area contributed by atoms with Crippen molar-refractivity contribution in [3.8, 4) is 28.6 Å². The van der Waals surface area contributed by atoms with Gasteiger partial charge >= 0.3 is 0 Å². The van der Waals surface area contributed by atoms with E-state index in [1.165, 1.54) is 12.1 Å². The van der Waals surface area contributed by atoms with Gasteiger partial charge in [-0.1, -0.05) is 55.8 Å². The molecule has 5 heteroatoms. The number of nitriles is 1. The van der Waals surface area contributed by atoms with E-state index in [2.05, 4.69) is 25.1 Å². The summed E-state index contributed by atoms with van der Waals surface area (Å²) >= 11 is 0. The van der Waals surface area contributed by atoms with Gasteiger partial charge in [0.25, 0.3) is 0 Å². The van der Waals surface area contributed by atoms with Crippen LogP contribution in [0.2, 0.25) is 0 Å². The number of unbranched alkanes of at least 4 members (excludes halogenated alkanes) is 1. The lowest BCUT2D eigenvalue weighted by Crippen LogP contribution is -2.07. The van der Waals surface area contributed by atoms with Gasteiger partial charge in [-0.2, -0.15) is 10.4 Å². The molecular formula is C26H23FN4. The third-order valence-electron chi connectivity index (χ3n) is 5.25. The summed E-state index contributed by atoms with van der Waals surface area (Å²) in [4.78, 5) is 4.72. The minimum Gasteiger partial charge on any atom is -0.245 e. The Morgan fingerprint density at radius 3 is 2.35 bits per heavy atom. The van der Waals surface area contributed by atoms with E-state index in [1.54, 1.807) is 12.1 Å². The maximum Gasteiger partial charge on any atom is 0.181 e. The van der Waals surface area contributed by atoms with E-state index >= 15 is 0 Å². The van der Waals surface area contributed by atoms with Gasteiger partial charge in [-0.15, -0.1) is 0 Å². The SMILES string of the molecule is CCCCc1nc(-c2ccc(F)cc2)nn1Cc1ccc(-c2ccccc2C#N)cc1. The molecule has 154 valence electrons. The molecule has 0 saturated heterocycles. The highest BCUT2D eigenvalue weighted by Gasteiger charge is 2.12. The topological polar surface area (TPSA) is 54.5 Å². The van der Waals surface area contributed by atoms with Crippen LogP contribution in [0.15, 0.2) is 72.8 Å². The van der Waals surface area contributed by atoms with Crippen LogP contribution in [0.25, 0.3) is 22.5 Å². The van der Waals surface area contributed by atoms with E-state index in [0.29, 0.717) is 17.9 Å². The summed E-state index contributed by atoms with van der Waals surface area (Å²) in [6.07, 6.45) is 2.95. The summed E-state index contributed by atoms with van der Waals surface area (Å²) in [6.45, 7) is 2.76. The zero-order chi connectivity index (χ0) is 21.6. The molecule has 0 amide bonds. The predicted molar refractivity (Wildman–Crippen MR) is 120 cm³/mol. The number of halogens is 1. The molecule has 4 rings (SSSR count). The Kier molecular flexibility index (Phi) is 6.18. The molecule has 0 bridgehead atoms. The number of hydrogen-bond acceptors (Lipinski definition) is 3. The van der Waals surface area contributed by atoms with E-state index in [4.69, 9.17) is 10.1 Å². The summed E-state index contributed by atoms with van der Waals surface area (Å²) in [6, 6.07) is 24.3. The van der Waals surface area contributed by atoms with E-state index in [0.717, 1.165) is 47.3 Å². The van der Waals surface area contributed by atoms with Crippen LogP contribution in [0.1, 0.15) is 36.7 Å². The summed E-state index contributed by atoms with van der Waals surface area (Å²) in [7, 11) is 0. The number of hydrogen-bond donors (Lipinski definition) is 0. The zero-order valence-corrected chi connectivity index (χ0v) is 17.4. The number of rotatable bonds is 7. The first-order valence-corrected chi connectivity index (χ1v) is 10.5. The van der Waals surface area contributed by atoms with Crippen molar-refractivity contribution in [3.63, 3.8) is 0 Å². The number of nitrogens with zero attached hydrogens (tertiary/aromatic N) is 4. The van der Waals surface area contributed by atoms with Crippen molar-refractivity contribution in [1.82, 2.24) is 14.8 Å². The van der Waals surface area contributed by atoms with Crippen LogP contribution in [0, 0.1) is 17.1 Å². The molecule has 0 aliphatic rings. The maximum absolute atomic E-state index is 13.3. The monoisotopic (exact) mass is 410 g/mol. The summed E-state index contributed by atoms with van der Waals surface area (Å²) in [5.41, 5.74) is 4.52. The van der Waals surface area contributed by atoms with Crippen LogP contribution in [-0.2, 0) is 13.0 Å². The molecule has 0 unspecified atom stereocenters. The number of aryl methyl sites for hydroxylation is 1. The van der Waals surface area contributed by atoms with Gasteiger partial charge in [-0.3, -0.25) is 0 Å². The van der Waals surface area contributed by atoms with Gasteiger partial charge in [0, 0.05) is 12.0 Å². The molecule has 3 aromatic carbocycles. The molecule has 4 aromatic rings. The molecule has 1 aromatic heterocycles. The number of benzene rings is 3. The van der Waals surface area contributed by atoms with Crippen LogP contribution < -0.4 is 0 Å². The molecule has 0 atom stereocenters. The summed E-state index contributed by atoms with van der Waals surface area (Å²) in [5.74, 6) is 1.28. The molecule has 1 heterocycles. The van der Waals surface area contributed by atoms with Gasteiger partial charge < -0.3 is 0 Å². The lowest BCUT2D eigenvalue weighted by Gasteiger charge is -2.08.